The number of amides is 1. The number of nitrogens with two attached hydrogens (primary N) is 1. The minimum Gasteiger partial charge on any atom is -0.377 e. The van der Waals surface area contributed by atoms with E-state index in [-0.39, 0.29) is 0 Å². The van der Waals surface area contributed by atoms with Gasteiger partial charge < -0.3 is 16.4 Å². The van der Waals surface area contributed by atoms with Gasteiger partial charge in [0.1, 0.15) is 5.84 Å². The Labute approximate surface area is 119 Å². The van der Waals surface area contributed by atoms with Crippen molar-refractivity contribution in [3.63, 3.8) is 0 Å². The highest BCUT2D eigenvalue weighted by Crippen LogP contribution is 2.22. The maximum absolute atomic E-state index is 11.6. The van der Waals surface area contributed by atoms with Crippen LogP contribution in [-0.2, 0) is 6.42 Å². The zero-order valence-electron chi connectivity index (χ0n) is 11.9. The van der Waals surface area contributed by atoms with E-state index in [1.165, 1.54) is 0 Å². The molecule has 0 saturated carbocycles. The Hall–Kier alpha value is -2.04. The maximum atomic E-state index is 11.6. The van der Waals surface area contributed by atoms with E-state index < -0.39 is 5.91 Å². The Morgan fingerprint density at radius 2 is 2.35 bits per heavy atom. The van der Waals surface area contributed by atoms with Crippen molar-refractivity contribution in [1.29, 1.82) is 0 Å². The molecule has 2 rings (SSSR count). The largest absolute Gasteiger partial charge is 0.377 e. The van der Waals surface area contributed by atoms with Gasteiger partial charge >= 0.3 is 0 Å². The van der Waals surface area contributed by atoms with Crippen molar-refractivity contribution in [3.05, 3.63) is 29.3 Å². The average molecular weight is 274 g/mol. The first-order chi connectivity index (χ1) is 9.72. The van der Waals surface area contributed by atoms with Gasteiger partial charge in [-0.15, -0.1) is 0 Å². The van der Waals surface area contributed by atoms with Gasteiger partial charge in [-0.1, -0.05) is 25.5 Å². The number of carbonyl (C=O) groups is 1. The van der Waals surface area contributed by atoms with Crippen LogP contribution in [-0.4, -0.2) is 31.4 Å². The SMILES string of the molecule is CCCCc1cccc(C(N)=O)c1NCC1=NCCN1. The second-order valence-corrected chi connectivity index (χ2v) is 4.92. The van der Waals surface area contributed by atoms with Gasteiger partial charge in [0.15, 0.2) is 0 Å². The van der Waals surface area contributed by atoms with Gasteiger partial charge in [-0.25, -0.2) is 0 Å². The molecule has 4 N–H and O–H groups in total. The number of rotatable bonds is 7. The van der Waals surface area contributed by atoms with Crippen LogP contribution < -0.4 is 16.4 Å². The van der Waals surface area contributed by atoms with Crippen molar-refractivity contribution >= 4 is 17.4 Å². The molecule has 1 aliphatic heterocycles. The number of anilines is 1. The standard InChI is InChI=1S/C15H22N4O/c1-2-3-5-11-6-4-7-12(15(16)20)14(11)19-10-13-17-8-9-18-13/h4,6-7,19H,2-3,5,8-10H2,1H3,(H2,16,20)(H,17,18). The van der Waals surface area contributed by atoms with Crippen LogP contribution >= 0.6 is 0 Å². The summed E-state index contributed by atoms with van der Waals surface area (Å²) in [5.74, 6) is 0.540. The fourth-order valence-electron chi connectivity index (χ4n) is 2.33. The van der Waals surface area contributed by atoms with Crippen LogP contribution in [0.5, 0.6) is 0 Å². The van der Waals surface area contributed by atoms with Crippen LogP contribution in [0.4, 0.5) is 5.69 Å². The van der Waals surface area contributed by atoms with Gasteiger partial charge in [0.25, 0.3) is 5.91 Å². The summed E-state index contributed by atoms with van der Waals surface area (Å²) >= 11 is 0. The number of hydrogen-bond donors (Lipinski definition) is 3. The van der Waals surface area contributed by atoms with Gasteiger partial charge in [-0.3, -0.25) is 9.79 Å². The molecule has 1 heterocycles. The molecule has 5 nitrogen and oxygen atoms in total. The summed E-state index contributed by atoms with van der Waals surface area (Å²) in [5.41, 5.74) is 8.02. The Kier molecular flexibility index (Phi) is 4.98. The zero-order valence-corrected chi connectivity index (χ0v) is 11.9. The number of para-hydroxylation sites is 1. The van der Waals surface area contributed by atoms with Crippen molar-refractivity contribution in [2.24, 2.45) is 10.7 Å². The lowest BCUT2D eigenvalue weighted by Gasteiger charge is -2.15. The summed E-state index contributed by atoms with van der Waals surface area (Å²) in [6.45, 7) is 4.46. The molecule has 0 radical (unpaired) electrons. The van der Waals surface area contributed by atoms with E-state index in [4.69, 9.17) is 5.73 Å². The molecule has 1 amide bonds. The first-order valence-corrected chi connectivity index (χ1v) is 7.15. The van der Waals surface area contributed by atoms with Crippen LogP contribution in [0.1, 0.15) is 35.7 Å². The lowest BCUT2D eigenvalue weighted by molar-refractivity contribution is 0.100. The van der Waals surface area contributed by atoms with Gasteiger partial charge in [-0.05, 0) is 24.5 Å². The van der Waals surface area contributed by atoms with E-state index in [9.17, 15) is 4.79 Å². The smallest absolute Gasteiger partial charge is 0.250 e. The Morgan fingerprint density at radius 1 is 1.50 bits per heavy atom. The first-order valence-electron chi connectivity index (χ1n) is 7.15. The molecule has 0 unspecified atom stereocenters. The lowest BCUT2D eigenvalue weighted by atomic mass is 10.0. The number of aliphatic imine (C=N–C) groups is 1. The number of benzene rings is 1. The summed E-state index contributed by atoms with van der Waals surface area (Å²) in [7, 11) is 0. The molecular formula is C15H22N4O. The second kappa shape index (κ2) is 6.93. The highest BCUT2D eigenvalue weighted by Gasteiger charge is 2.13. The minimum atomic E-state index is -0.396. The number of unbranched alkanes of at least 4 members (excludes halogenated alkanes) is 1. The van der Waals surface area contributed by atoms with Gasteiger partial charge in [-0.2, -0.15) is 0 Å². The van der Waals surface area contributed by atoms with E-state index >= 15 is 0 Å². The molecule has 1 aliphatic rings. The number of amidine groups is 1. The second-order valence-electron chi connectivity index (χ2n) is 4.92. The fourth-order valence-corrected chi connectivity index (χ4v) is 2.33. The van der Waals surface area contributed by atoms with E-state index in [0.29, 0.717) is 12.1 Å². The van der Waals surface area contributed by atoms with Crippen molar-refractivity contribution < 1.29 is 4.79 Å². The Balaban J connectivity index is 2.18. The average Bonchev–Trinajstić information content (AvgIpc) is 2.96. The molecule has 0 aromatic heterocycles. The molecule has 0 aliphatic carbocycles. The zero-order chi connectivity index (χ0) is 14.4. The third-order valence-electron chi connectivity index (χ3n) is 3.39. The van der Waals surface area contributed by atoms with E-state index in [2.05, 4.69) is 22.5 Å². The third kappa shape index (κ3) is 3.50. The number of primary amides is 1. The van der Waals surface area contributed by atoms with Crippen molar-refractivity contribution in [2.75, 3.05) is 25.0 Å². The number of hydrogen-bond acceptors (Lipinski definition) is 4. The number of nitrogens with one attached hydrogen (secondary N) is 2. The first kappa shape index (κ1) is 14.4. The highest BCUT2D eigenvalue weighted by atomic mass is 16.1. The predicted molar refractivity (Wildman–Crippen MR) is 82.4 cm³/mol. The normalized spacial score (nSPS) is 13.8. The van der Waals surface area contributed by atoms with Crippen molar-refractivity contribution in [2.45, 2.75) is 26.2 Å². The molecule has 1 aromatic rings. The summed E-state index contributed by atoms with van der Waals surface area (Å²) in [6.07, 6.45) is 3.16. The number of carbonyl (C=O) groups excluding carboxylic acids is 1. The molecule has 0 fully saturated rings. The van der Waals surface area contributed by atoms with Gasteiger partial charge in [0.2, 0.25) is 0 Å². The number of aryl methyl sites for hydroxylation is 1. The van der Waals surface area contributed by atoms with Crippen LogP contribution in [0.3, 0.4) is 0 Å². The summed E-state index contributed by atoms with van der Waals surface area (Å²) in [4.78, 5) is 15.9. The minimum absolute atomic E-state index is 0.396. The van der Waals surface area contributed by atoms with Crippen molar-refractivity contribution in [3.8, 4) is 0 Å². The molecule has 20 heavy (non-hydrogen) atoms. The Morgan fingerprint density at radius 3 is 3.00 bits per heavy atom. The topological polar surface area (TPSA) is 79.5 Å². The molecule has 1 aromatic carbocycles. The van der Waals surface area contributed by atoms with Gasteiger partial charge in [0.05, 0.1) is 24.3 Å². The maximum Gasteiger partial charge on any atom is 0.250 e. The third-order valence-corrected chi connectivity index (χ3v) is 3.39. The van der Waals surface area contributed by atoms with E-state index in [1.54, 1.807) is 6.07 Å². The molecule has 0 atom stereocenters. The van der Waals surface area contributed by atoms with Crippen LogP contribution in [0, 0.1) is 0 Å². The molecule has 108 valence electrons. The molecular weight excluding hydrogens is 252 g/mol. The van der Waals surface area contributed by atoms with Crippen LogP contribution in [0.25, 0.3) is 0 Å². The predicted octanol–water partition coefficient (Wildman–Crippen LogP) is 1.54. The van der Waals surface area contributed by atoms with Crippen LogP contribution in [0.15, 0.2) is 23.2 Å². The molecule has 5 heteroatoms. The molecule has 0 bridgehead atoms. The van der Waals surface area contributed by atoms with Gasteiger partial charge in [0, 0.05) is 6.54 Å². The van der Waals surface area contributed by atoms with E-state index in [1.807, 2.05) is 12.1 Å². The molecule has 0 saturated heterocycles. The van der Waals surface area contributed by atoms with Crippen LogP contribution in [0.2, 0.25) is 0 Å². The summed E-state index contributed by atoms with van der Waals surface area (Å²) < 4.78 is 0. The van der Waals surface area contributed by atoms with Crippen molar-refractivity contribution in [1.82, 2.24) is 5.32 Å². The highest BCUT2D eigenvalue weighted by molar-refractivity contribution is 6.00. The van der Waals surface area contributed by atoms with E-state index in [0.717, 1.165) is 49.4 Å². The Bertz CT molecular complexity index is 511. The molecule has 0 spiro atoms. The summed E-state index contributed by atoms with van der Waals surface area (Å²) in [5, 5.41) is 6.53. The monoisotopic (exact) mass is 274 g/mol. The number of nitrogens with zero attached hydrogens (tertiary/aromatic N) is 1. The summed E-state index contributed by atoms with van der Waals surface area (Å²) in [6, 6.07) is 5.71. The fraction of sp³-hybridized carbons (Fsp3) is 0.467. The quantitative estimate of drug-likeness (QED) is 0.705. The lowest BCUT2D eigenvalue weighted by Crippen LogP contribution is -2.27.